The van der Waals surface area contributed by atoms with E-state index in [1.807, 2.05) is 23.3 Å². The second-order valence-electron chi connectivity index (χ2n) is 6.33. The summed E-state index contributed by atoms with van der Waals surface area (Å²) in [4.78, 5) is 19.4. The first-order valence-corrected chi connectivity index (χ1v) is 10.5. The molecule has 4 heterocycles. The fourth-order valence-corrected chi connectivity index (χ4v) is 5.40. The van der Waals surface area contributed by atoms with E-state index >= 15 is 0 Å². The van der Waals surface area contributed by atoms with Crippen LogP contribution in [0.25, 0.3) is 20.4 Å². The summed E-state index contributed by atoms with van der Waals surface area (Å²) in [5.41, 5.74) is 1.63. The van der Waals surface area contributed by atoms with E-state index in [0.717, 1.165) is 22.2 Å². The largest absolute Gasteiger partial charge is 0.327 e. The number of amides is 1. The quantitative estimate of drug-likeness (QED) is 0.484. The molecule has 4 aromatic rings. The molecular weight excluding hydrogens is 402 g/mol. The van der Waals surface area contributed by atoms with Crippen molar-refractivity contribution in [1.29, 1.82) is 0 Å². The lowest BCUT2D eigenvalue weighted by molar-refractivity contribution is 0.0638. The van der Waals surface area contributed by atoms with Crippen molar-refractivity contribution in [2.45, 2.75) is 19.5 Å². The summed E-state index contributed by atoms with van der Waals surface area (Å²) < 4.78 is 3.27. The summed E-state index contributed by atoms with van der Waals surface area (Å²) in [6, 6.07) is 8.83. The molecule has 0 spiro atoms. The third kappa shape index (κ3) is 2.75. The Balaban J connectivity index is 1.47. The minimum absolute atomic E-state index is 0.0234. The van der Waals surface area contributed by atoms with E-state index in [4.69, 9.17) is 11.6 Å². The molecule has 0 fully saturated rings. The van der Waals surface area contributed by atoms with Crippen LogP contribution < -0.4 is 0 Å². The topological polar surface area (TPSA) is 63.9 Å². The second-order valence-corrected chi connectivity index (χ2v) is 8.94. The molecule has 0 N–H and O–H groups in total. The Labute approximate surface area is 168 Å². The Hall–Kier alpha value is -2.29. The van der Waals surface area contributed by atoms with Crippen molar-refractivity contribution in [2.24, 2.45) is 0 Å². The zero-order valence-electron chi connectivity index (χ0n) is 14.3. The minimum atomic E-state index is -0.163. The Kier molecular flexibility index (Phi) is 3.99. The third-order valence-electron chi connectivity index (χ3n) is 4.75. The highest BCUT2D eigenvalue weighted by Crippen LogP contribution is 2.35. The van der Waals surface area contributed by atoms with Crippen LogP contribution in [-0.2, 0) is 6.54 Å². The van der Waals surface area contributed by atoms with Gasteiger partial charge in [0.05, 0.1) is 11.6 Å². The highest BCUT2D eigenvalue weighted by Gasteiger charge is 2.32. The maximum absolute atomic E-state index is 12.9. The summed E-state index contributed by atoms with van der Waals surface area (Å²) in [6.07, 6.45) is 0. The van der Waals surface area contributed by atoms with Gasteiger partial charge in [-0.25, -0.2) is 4.98 Å². The lowest BCUT2D eigenvalue weighted by Crippen LogP contribution is -2.41. The summed E-state index contributed by atoms with van der Waals surface area (Å²) in [7, 11) is 0. The number of carbonyl (C=O) groups is 1. The van der Waals surface area contributed by atoms with Gasteiger partial charge in [-0.05, 0) is 42.6 Å². The number of carbonyl (C=O) groups excluding carboxylic acids is 1. The molecule has 1 atom stereocenters. The van der Waals surface area contributed by atoms with Gasteiger partial charge in [0.2, 0.25) is 0 Å². The van der Waals surface area contributed by atoms with Gasteiger partial charge in [0, 0.05) is 23.7 Å². The number of benzene rings is 1. The molecule has 5 rings (SSSR count). The molecule has 0 radical (unpaired) electrons. The maximum Gasteiger partial charge on any atom is 0.254 e. The van der Waals surface area contributed by atoms with E-state index in [9.17, 15) is 4.79 Å². The summed E-state index contributed by atoms with van der Waals surface area (Å²) in [5, 5.41) is 12.3. The van der Waals surface area contributed by atoms with Crippen molar-refractivity contribution in [1.82, 2.24) is 24.6 Å². The number of nitrogens with zero attached hydrogens (tertiary/aromatic N) is 5. The van der Waals surface area contributed by atoms with E-state index in [1.54, 1.807) is 46.9 Å². The number of halogens is 1. The number of hydrogen-bond donors (Lipinski definition) is 0. The molecule has 6 nitrogen and oxygen atoms in total. The normalized spacial score (nSPS) is 16.7. The van der Waals surface area contributed by atoms with Gasteiger partial charge in [-0.3, -0.25) is 4.79 Å². The van der Waals surface area contributed by atoms with Crippen LogP contribution in [0, 0.1) is 0 Å². The van der Waals surface area contributed by atoms with Crippen LogP contribution in [0.2, 0.25) is 5.02 Å². The van der Waals surface area contributed by atoms with Crippen molar-refractivity contribution in [3.05, 3.63) is 52.1 Å². The van der Waals surface area contributed by atoms with E-state index < -0.39 is 0 Å². The van der Waals surface area contributed by atoms with Crippen molar-refractivity contribution >= 4 is 49.7 Å². The number of hydrogen-bond acceptors (Lipinski definition) is 6. The first kappa shape index (κ1) is 16.9. The van der Waals surface area contributed by atoms with Crippen LogP contribution in [0.3, 0.4) is 0 Å². The molecule has 0 saturated carbocycles. The van der Waals surface area contributed by atoms with Gasteiger partial charge in [0.1, 0.15) is 4.01 Å². The molecule has 136 valence electrons. The Morgan fingerprint density at radius 3 is 2.78 bits per heavy atom. The predicted octanol–water partition coefficient (Wildman–Crippen LogP) is 4.49. The summed E-state index contributed by atoms with van der Waals surface area (Å²) in [5.74, 6) is 1.55. The van der Waals surface area contributed by atoms with Crippen LogP contribution in [0.4, 0.5) is 0 Å². The Bertz CT molecular complexity index is 1120. The summed E-state index contributed by atoms with van der Waals surface area (Å²) >= 11 is 9.24. The van der Waals surface area contributed by atoms with Crippen LogP contribution in [0.1, 0.15) is 29.1 Å². The average molecular weight is 416 g/mol. The van der Waals surface area contributed by atoms with E-state index in [0.29, 0.717) is 23.7 Å². The molecule has 9 heteroatoms. The van der Waals surface area contributed by atoms with Gasteiger partial charge in [0.25, 0.3) is 5.91 Å². The number of thiazole rings is 1. The molecule has 3 aromatic heterocycles. The molecule has 27 heavy (non-hydrogen) atoms. The predicted molar refractivity (Wildman–Crippen MR) is 107 cm³/mol. The highest BCUT2D eigenvalue weighted by atomic mass is 35.5. The first-order valence-electron chi connectivity index (χ1n) is 8.46. The maximum atomic E-state index is 12.9. The van der Waals surface area contributed by atoms with Crippen LogP contribution in [-0.4, -0.2) is 37.1 Å². The zero-order chi connectivity index (χ0) is 18.5. The zero-order valence-corrected chi connectivity index (χ0v) is 16.7. The lowest BCUT2D eigenvalue weighted by atomic mass is 10.1. The fraction of sp³-hybridized carbons (Fsp3) is 0.222. The van der Waals surface area contributed by atoms with Crippen LogP contribution in [0.15, 0.2) is 35.7 Å². The van der Waals surface area contributed by atoms with E-state index in [1.165, 1.54) is 4.01 Å². The van der Waals surface area contributed by atoms with Gasteiger partial charge >= 0.3 is 0 Å². The van der Waals surface area contributed by atoms with Gasteiger partial charge in [0.15, 0.2) is 16.7 Å². The van der Waals surface area contributed by atoms with Crippen molar-refractivity contribution in [3.63, 3.8) is 0 Å². The Morgan fingerprint density at radius 1 is 1.19 bits per heavy atom. The van der Waals surface area contributed by atoms with Crippen molar-refractivity contribution in [2.75, 3.05) is 6.54 Å². The average Bonchev–Trinajstić information content (AvgIpc) is 3.36. The first-order chi connectivity index (χ1) is 13.1. The van der Waals surface area contributed by atoms with Gasteiger partial charge in [-0.2, -0.15) is 0 Å². The standard InChI is InChI=1S/C18H14ClN5OS2/c1-10-14-21-22-15(16-20-13-6-9-26-18(13)27-16)24(14)8-7-23(10)17(25)11-2-4-12(19)5-3-11/h2-6,9-10H,7-8H2,1H3/t10-/m1/s1. The molecule has 1 amide bonds. The monoisotopic (exact) mass is 415 g/mol. The second kappa shape index (κ2) is 6.40. The number of fused-ring (bicyclic) bond motifs is 2. The smallest absolute Gasteiger partial charge is 0.254 e. The fourth-order valence-electron chi connectivity index (χ4n) is 3.34. The Morgan fingerprint density at radius 2 is 2.00 bits per heavy atom. The molecule has 0 unspecified atom stereocenters. The third-order valence-corrected chi connectivity index (χ3v) is 7.10. The van der Waals surface area contributed by atoms with Gasteiger partial charge in [-0.1, -0.05) is 22.9 Å². The molecule has 0 saturated heterocycles. The molecule has 0 aliphatic carbocycles. The summed E-state index contributed by atoms with van der Waals surface area (Å²) in [6.45, 7) is 3.23. The van der Waals surface area contributed by atoms with Crippen molar-refractivity contribution < 1.29 is 4.79 Å². The van der Waals surface area contributed by atoms with Crippen molar-refractivity contribution in [3.8, 4) is 10.8 Å². The number of thiophene rings is 1. The molecule has 1 aromatic carbocycles. The molecular formula is C18H14ClN5OS2. The number of rotatable bonds is 2. The van der Waals surface area contributed by atoms with E-state index in [-0.39, 0.29) is 11.9 Å². The molecule has 1 aliphatic heterocycles. The molecule has 0 bridgehead atoms. The lowest BCUT2D eigenvalue weighted by Gasteiger charge is -2.33. The number of aromatic nitrogens is 4. The highest BCUT2D eigenvalue weighted by molar-refractivity contribution is 7.38. The minimum Gasteiger partial charge on any atom is -0.327 e. The van der Waals surface area contributed by atoms with Gasteiger partial charge < -0.3 is 9.47 Å². The SMILES string of the molecule is C[C@@H]1c2nnc(-c3nc4ccsc4s3)n2CCN1C(=O)c1ccc(Cl)cc1. The molecule has 1 aliphatic rings. The van der Waals surface area contributed by atoms with E-state index in [2.05, 4.69) is 19.7 Å². The van der Waals surface area contributed by atoms with Crippen LogP contribution in [0.5, 0.6) is 0 Å². The van der Waals surface area contributed by atoms with Crippen LogP contribution >= 0.6 is 34.3 Å². The van der Waals surface area contributed by atoms with Gasteiger partial charge in [-0.15, -0.1) is 21.5 Å².